The molecule has 8 nitrogen and oxygen atoms in total. The first-order chi connectivity index (χ1) is 23.8. The fourth-order valence-electron chi connectivity index (χ4n) is 6.78. The van der Waals surface area contributed by atoms with Crippen molar-refractivity contribution in [1.82, 2.24) is 19.8 Å². The molecule has 0 unspecified atom stereocenters. The second-order valence-corrected chi connectivity index (χ2v) is 13.4. The summed E-state index contributed by atoms with van der Waals surface area (Å²) in [6.07, 6.45) is -6.10. The van der Waals surface area contributed by atoms with Crippen LogP contribution in [0.5, 0.6) is 10.9 Å². The summed E-state index contributed by atoms with van der Waals surface area (Å²) in [4.78, 5) is 39.9. The monoisotopic (exact) mass is 720 g/mol. The average Bonchev–Trinajstić information content (AvgIpc) is 3.50. The number of likely N-dealkylation sites (tertiary alicyclic amines) is 2. The van der Waals surface area contributed by atoms with E-state index in [-0.39, 0.29) is 50.8 Å². The van der Waals surface area contributed by atoms with E-state index in [4.69, 9.17) is 9.47 Å². The van der Waals surface area contributed by atoms with E-state index in [0.29, 0.717) is 24.5 Å². The van der Waals surface area contributed by atoms with Gasteiger partial charge in [-0.05, 0) is 55.3 Å². The van der Waals surface area contributed by atoms with Gasteiger partial charge in [0.2, 0.25) is 5.60 Å². The fraction of sp³-hybridized carbons (Fsp3) is 0.429. The Hall–Kier alpha value is -4.40. The molecule has 266 valence electrons. The van der Waals surface area contributed by atoms with Gasteiger partial charge in [0.05, 0.1) is 32.9 Å². The average molecular weight is 721 g/mol. The van der Waals surface area contributed by atoms with Crippen LogP contribution < -0.4 is 9.47 Å². The highest BCUT2D eigenvalue weighted by Crippen LogP contribution is 2.41. The van der Waals surface area contributed by atoms with Crippen LogP contribution in [-0.4, -0.2) is 69.0 Å². The Morgan fingerprint density at radius 1 is 0.960 bits per heavy atom. The van der Waals surface area contributed by atoms with E-state index in [1.807, 2.05) is 24.3 Å². The van der Waals surface area contributed by atoms with Crippen molar-refractivity contribution in [3.05, 3.63) is 83.7 Å². The molecule has 0 spiro atoms. The minimum Gasteiger partial charge on any atom is -0.475 e. The maximum atomic E-state index is 14.7. The highest BCUT2D eigenvalue weighted by Gasteiger charge is 2.56. The number of thiazole rings is 1. The number of fused-ring (bicyclic) bond motifs is 1. The first kappa shape index (κ1) is 35.4. The van der Waals surface area contributed by atoms with Crippen LogP contribution in [-0.2, 0) is 17.1 Å². The van der Waals surface area contributed by atoms with Gasteiger partial charge < -0.3 is 19.3 Å². The fourth-order valence-corrected chi connectivity index (χ4v) is 7.66. The number of alkyl halides is 6. The molecular weight excluding hydrogens is 686 g/mol. The molecule has 2 aliphatic rings. The van der Waals surface area contributed by atoms with Crippen molar-refractivity contribution in [2.45, 2.75) is 75.5 Å². The Labute approximate surface area is 288 Å². The zero-order valence-electron chi connectivity index (χ0n) is 27.0. The summed E-state index contributed by atoms with van der Waals surface area (Å²) >= 11 is 1.42. The molecule has 0 radical (unpaired) electrons. The van der Waals surface area contributed by atoms with Crippen molar-refractivity contribution in [2.24, 2.45) is 0 Å². The van der Waals surface area contributed by atoms with Crippen molar-refractivity contribution in [2.75, 3.05) is 19.6 Å². The topological polar surface area (TPSA) is 84.9 Å². The quantitative estimate of drug-likeness (QED) is 0.172. The van der Waals surface area contributed by atoms with Crippen LogP contribution in [0.4, 0.5) is 26.3 Å². The van der Waals surface area contributed by atoms with Gasteiger partial charge in [0.1, 0.15) is 11.9 Å². The smallest absolute Gasteiger partial charge is 0.417 e. The van der Waals surface area contributed by atoms with Crippen molar-refractivity contribution in [3.63, 3.8) is 0 Å². The van der Waals surface area contributed by atoms with Gasteiger partial charge in [-0.2, -0.15) is 26.3 Å². The van der Waals surface area contributed by atoms with Gasteiger partial charge in [0.15, 0.2) is 0 Å². The van der Waals surface area contributed by atoms with Gasteiger partial charge >= 0.3 is 12.4 Å². The van der Waals surface area contributed by atoms with Crippen LogP contribution in [0.2, 0.25) is 0 Å². The Morgan fingerprint density at radius 3 is 2.34 bits per heavy atom. The van der Waals surface area contributed by atoms with Crippen molar-refractivity contribution in [3.8, 4) is 10.9 Å². The van der Waals surface area contributed by atoms with E-state index in [0.717, 1.165) is 52.9 Å². The second kappa shape index (κ2) is 14.1. The van der Waals surface area contributed by atoms with Gasteiger partial charge in [-0.1, -0.05) is 36.8 Å². The molecule has 2 aliphatic heterocycles. The molecule has 2 aromatic heterocycles. The van der Waals surface area contributed by atoms with Crippen LogP contribution in [0.1, 0.15) is 66.9 Å². The van der Waals surface area contributed by atoms with E-state index in [1.54, 1.807) is 11.8 Å². The minimum atomic E-state index is -4.84. The van der Waals surface area contributed by atoms with Gasteiger partial charge in [0.25, 0.3) is 17.0 Å². The summed E-state index contributed by atoms with van der Waals surface area (Å²) < 4.78 is 95.7. The lowest BCUT2D eigenvalue weighted by molar-refractivity contribution is -0.161. The molecule has 50 heavy (non-hydrogen) atoms. The summed E-state index contributed by atoms with van der Waals surface area (Å²) in [5.74, 6) is -1.48. The number of amides is 2. The molecule has 0 bridgehead atoms. The molecule has 2 aromatic carbocycles. The molecule has 2 fully saturated rings. The van der Waals surface area contributed by atoms with Gasteiger partial charge in [-0.3, -0.25) is 14.6 Å². The number of ether oxygens (including phenoxy) is 2. The number of hydrogen-bond acceptors (Lipinski definition) is 7. The molecule has 0 N–H and O–H groups in total. The lowest BCUT2D eigenvalue weighted by Crippen LogP contribution is -2.68. The number of rotatable bonds is 8. The van der Waals surface area contributed by atoms with E-state index in [2.05, 4.69) is 9.97 Å². The molecule has 2 atom stereocenters. The molecule has 2 saturated heterocycles. The Balaban J connectivity index is 1.31. The number of hydrogen-bond donors (Lipinski definition) is 0. The van der Waals surface area contributed by atoms with E-state index >= 15 is 0 Å². The van der Waals surface area contributed by atoms with E-state index in [9.17, 15) is 35.9 Å². The third kappa shape index (κ3) is 7.23. The molecule has 0 saturated carbocycles. The maximum Gasteiger partial charge on any atom is 0.417 e. The van der Waals surface area contributed by atoms with Crippen molar-refractivity contribution >= 4 is 33.4 Å². The van der Waals surface area contributed by atoms with Crippen LogP contribution >= 0.6 is 11.3 Å². The van der Waals surface area contributed by atoms with E-state index < -0.39 is 52.5 Å². The summed E-state index contributed by atoms with van der Waals surface area (Å²) in [5, 5.41) is 0.510. The number of halogens is 6. The first-order valence-corrected chi connectivity index (χ1v) is 17.1. The first-order valence-electron chi connectivity index (χ1n) is 16.3. The predicted molar refractivity (Wildman–Crippen MR) is 173 cm³/mol. The highest BCUT2D eigenvalue weighted by molar-refractivity contribution is 7.20. The van der Waals surface area contributed by atoms with Crippen LogP contribution in [0.25, 0.3) is 10.2 Å². The highest BCUT2D eigenvalue weighted by atomic mass is 32.1. The molecule has 4 aromatic rings. The Morgan fingerprint density at radius 2 is 1.68 bits per heavy atom. The second-order valence-electron chi connectivity index (χ2n) is 12.4. The summed E-state index contributed by atoms with van der Waals surface area (Å²) in [6, 6.07) is 11.2. The van der Waals surface area contributed by atoms with Crippen LogP contribution in [0, 0.1) is 0 Å². The number of pyridine rings is 1. The molecule has 4 heterocycles. The Kier molecular flexibility index (Phi) is 9.98. The lowest BCUT2D eigenvalue weighted by atomic mass is 9.79. The van der Waals surface area contributed by atoms with Crippen molar-refractivity contribution in [1.29, 1.82) is 0 Å². The van der Waals surface area contributed by atoms with Gasteiger partial charge in [-0.15, -0.1) is 0 Å². The maximum absolute atomic E-state index is 14.7. The third-order valence-corrected chi connectivity index (χ3v) is 10.1. The van der Waals surface area contributed by atoms with Crippen LogP contribution in [0.15, 0.2) is 67.0 Å². The normalized spacial score (nSPS) is 20.6. The minimum absolute atomic E-state index is 0.0341. The molecular formula is C35H34F6N4O4S. The third-order valence-electron chi connectivity index (χ3n) is 9.16. The molecule has 15 heteroatoms. The lowest BCUT2D eigenvalue weighted by Gasteiger charge is -2.50. The number of para-hydroxylation sites is 1. The standard InChI is InChI=1S/C35H34F6N4O4S/c1-2-6-29-33(49-24-11-9-22(10-12-24)34(36,37)38,16-5-18-45(29)30(46)25-21-42-17-13-26(25)35(39,40)41)31(47)44-19-14-23(15-20-44)48-32-43-27-7-3-4-8-28(27)50-32/h3-4,7-13,17,21,23,29H,2,5-6,14-16,18-20H2,1H3/t29-,33+/m1/s1. The van der Waals surface area contributed by atoms with Crippen LogP contribution in [0.3, 0.4) is 0 Å². The molecule has 6 rings (SSSR count). The summed E-state index contributed by atoms with van der Waals surface area (Å²) in [7, 11) is 0. The number of nitrogens with zero attached hydrogens (tertiary/aromatic N) is 4. The van der Waals surface area contributed by atoms with Gasteiger partial charge in [0, 0.05) is 51.3 Å². The number of carbonyl (C=O) groups is 2. The number of carbonyl (C=O) groups excluding carboxylic acids is 2. The zero-order chi connectivity index (χ0) is 35.7. The number of piperidine rings is 2. The Bertz CT molecular complexity index is 1790. The summed E-state index contributed by atoms with van der Waals surface area (Å²) in [6.45, 7) is 2.35. The molecule has 2 amide bonds. The SMILES string of the molecule is CCC[C@H]1N(C(=O)c2cnccc2C(F)(F)F)CCC[C@@]1(Oc1ccc(C(F)(F)F)cc1)C(=O)N1CCC(Oc2nc3ccccc3s2)CC1. The van der Waals surface area contributed by atoms with E-state index in [1.165, 1.54) is 16.2 Å². The zero-order valence-corrected chi connectivity index (χ0v) is 27.8. The van der Waals surface area contributed by atoms with Crippen molar-refractivity contribution < 1.29 is 45.4 Å². The number of benzene rings is 2. The predicted octanol–water partition coefficient (Wildman–Crippen LogP) is 8.02. The largest absolute Gasteiger partial charge is 0.475 e. The summed E-state index contributed by atoms with van der Waals surface area (Å²) in [5.41, 5.74) is -3.72. The number of aromatic nitrogens is 2. The van der Waals surface area contributed by atoms with Gasteiger partial charge in [-0.25, -0.2) is 4.98 Å². The molecule has 0 aliphatic carbocycles.